The Bertz CT molecular complexity index is 1240. The topological polar surface area (TPSA) is 77.9 Å². The van der Waals surface area contributed by atoms with Crippen LogP contribution < -0.4 is 9.80 Å². The summed E-state index contributed by atoms with van der Waals surface area (Å²) in [5.74, 6) is -0.543. The number of carbonyl (C=O) groups excluding carboxylic acids is 2. The van der Waals surface area contributed by atoms with E-state index in [4.69, 9.17) is 0 Å². The SMILES string of the molecule is CCC1CN(C(=O)c2ccccc2C(=O)c2ccccc2)c2cc(C)c(C)cc2N1C(=O)O. The summed E-state index contributed by atoms with van der Waals surface area (Å²) in [5, 5.41) is 9.91. The zero-order valence-electron chi connectivity index (χ0n) is 18.9. The largest absolute Gasteiger partial charge is 0.465 e. The van der Waals surface area contributed by atoms with Crippen LogP contribution in [0, 0.1) is 13.8 Å². The third-order valence-corrected chi connectivity index (χ3v) is 6.26. The lowest BCUT2D eigenvalue weighted by molar-refractivity contribution is 0.0967. The first kappa shape index (κ1) is 22.3. The van der Waals surface area contributed by atoms with Crippen molar-refractivity contribution in [1.82, 2.24) is 0 Å². The number of aryl methyl sites for hydroxylation is 2. The number of amides is 2. The highest BCUT2D eigenvalue weighted by Gasteiger charge is 2.37. The molecule has 0 spiro atoms. The van der Waals surface area contributed by atoms with Crippen molar-refractivity contribution < 1.29 is 19.5 Å². The summed E-state index contributed by atoms with van der Waals surface area (Å²) in [7, 11) is 0. The number of hydrogen-bond acceptors (Lipinski definition) is 3. The van der Waals surface area contributed by atoms with Gasteiger partial charge in [0, 0.05) is 17.7 Å². The zero-order valence-corrected chi connectivity index (χ0v) is 18.9. The van der Waals surface area contributed by atoms with Crippen molar-refractivity contribution in [3.63, 3.8) is 0 Å². The molecule has 0 bridgehead atoms. The van der Waals surface area contributed by atoms with Crippen molar-refractivity contribution in [3.8, 4) is 0 Å². The minimum atomic E-state index is -1.04. The summed E-state index contributed by atoms with van der Waals surface area (Å²) in [6.45, 7) is 5.97. The maximum Gasteiger partial charge on any atom is 0.412 e. The molecule has 0 radical (unpaired) electrons. The Morgan fingerprint density at radius 2 is 1.45 bits per heavy atom. The van der Waals surface area contributed by atoms with Crippen LogP contribution in [-0.4, -0.2) is 35.5 Å². The molecule has 1 heterocycles. The molecule has 168 valence electrons. The van der Waals surface area contributed by atoms with Crippen LogP contribution in [0.25, 0.3) is 0 Å². The highest BCUT2D eigenvalue weighted by atomic mass is 16.4. The molecule has 0 saturated carbocycles. The summed E-state index contributed by atoms with van der Waals surface area (Å²) in [5.41, 5.74) is 4.07. The molecule has 3 aromatic carbocycles. The lowest BCUT2D eigenvalue weighted by Gasteiger charge is -2.41. The molecule has 0 fully saturated rings. The first-order chi connectivity index (χ1) is 15.8. The fraction of sp³-hybridized carbons (Fsp3) is 0.222. The average molecular weight is 443 g/mol. The van der Waals surface area contributed by atoms with E-state index in [9.17, 15) is 19.5 Å². The molecule has 1 N–H and O–H groups in total. The van der Waals surface area contributed by atoms with Crippen molar-refractivity contribution in [3.05, 3.63) is 94.5 Å². The van der Waals surface area contributed by atoms with Gasteiger partial charge >= 0.3 is 6.09 Å². The summed E-state index contributed by atoms with van der Waals surface area (Å²) in [6.07, 6.45) is -0.495. The molecule has 0 saturated heterocycles. The van der Waals surface area contributed by atoms with Gasteiger partial charge < -0.3 is 10.0 Å². The van der Waals surface area contributed by atoms with Crippen LogP contribution in [0.2, 0.25) is 0 Å². The van der Waals surface area contributed by atoms with Gasteiger partial charge in [-0.25, -0.2) is 4.79 Å². The van der Waals surface area contributed by atoms with E-state index in [1.54, 1.807) is 53.4 Å². The van der Waals surface area contributed by atoms with Crippen LogP contribution in [0.3, 0.4) is 0 Å². The molecule has 0 aromatic heterocycles. The Labute approximate surface area is 193 Å². The molecule has 0 aliphatic carbocycles. The molecule has 1 aliphatic rings. The highest BCUT2D eigenvalue weighted by Crippen LogP contribution is 2.39. The number of fused-ring (bicyclic) bond motifs is 1. The van der Waals surface area contributed by atoms with E-state index in [1.165, 1.54) is 4.90 Å². The Kier molecular flexibility index (Phi) is 6.01. The number of rotatable bonds is 4. The lowest BCUT2D eigenvalue weighted by Crippen LogP contribution is -2.53. The average Bonchev–Trinajstić information content (AvgIpc) is 2.83. The number of ketones is 1. The van der Waals surface area contributed by atoms with Gasteiger partial charge in [0.2, 0.25) is 0 Å². The van der Waals surface area contributed by atoms with E-state index in [2.05, 4.69) is 0 Å². The number of benzene rings is 3. The van der Waals surface area contributed by atoms with E-state index in [0.29, 0.717) is 34.5 Å². The van der Waals surface area contributed by atoms with E-state index >= 15 is 0 Å². The standard InChI is InChI=1S/C27H26N2O4/c1-4-20-16-28(23-14-17(2)18(3)15-24(23)29(20)27(32)33)26(31)22-13-9-8-12-21(22)25(30)19-10-6-5-7-11-19/h5-15,20H,4,16H2,1-3H3,(H,32,33). The predicted molar refractivity (Wildman–Crippen MR) is 128 cm³/mol. The van der Waals surface area contributed by atoms with E-state index in [-0.39, 0.29) is 18.2 Å². The number of carboxylic acid groups (broad SMARTS) is 1. The smallest absolute Gasteiger partial charge is 0.412 e. The lowest BCUT2D eigenvalue weighted by atomic mass is 9.95. The Balaban J connectivity index is 1.83. The predicted octanol–water partition coefficient (Wildman–Crippen LogP) is 5.46. The monoisotopic (exact) mass is 442 g/mol. The van der Waals surface area contributed by atoms with E-state index < -0.39 is 12.1 Å². The van der Waals surface area contributed by atoms with Crippen LogP contribution in [0.5, 0.6) is 0 Å². The van der Waals surface area contributed by atoms with Crippen LogP contribution in [0.4, 0.5) is 16.2 Å². The van der Waals surface area contributed by atoms with Gasteiger partial charge in [-0.3, -0.25) is 14.5 Å². The van der Waals surface area contributed by atoms with Gasteiger partial charge in [-0.2, -0.15) is 0 Å². The molecule has 2 amide bonds. The number of nitrogens with zero attached hydrogens (tertiary/aromatic N) is 2. The van der Waals surface area contributed by atoms with Crippen LogP contribution in [-0.2, 0) is 0 Å². The normalized spacial score (nSPS) is 15.2. The number of carbonyl (C=O) groups is 3. The summed E-state index contributed by atoms with van der Waals surface area (Å²) >= 11 is 0. The van der Waals surface area contributed by atoms with Crippen LogP contribution in [0.15, 0.2) is 66.7 Å². The maximum atomic E-state index is 13.9. The maximum absolute atomic E-state index is 13.9. The fourth-order valence-electron chi connectivity index (χ4n) is 4.30. The van der Waals surface area contributed by atoms with E-state index in [1.807, 2.05) is 39.0 Å². The highest BCUT2D eigenvalue weighted by molar-refractivity contribution is 6.19. The molecule has 1 unspecified atom stereocenters. The Morgan fingerprint density at radius 1 is 0.879 bits per heavy atom. The summed E-state index contributed by atoms with van der Waals surface area (Å²) < 4.78 is 0. The summed E-state index contributed by atoms with van der Waals surface area (Å²) in [4.78, 5) is 42.1. The molecular weight excluding hydrogens is 416 g/mol. The number of hydrogen-bond donors (Lipinski definition) is 1. The second kappa shape index (κ2) is 8.90. The van der Waals surface area contributed by atoms with Gasteiger partial charge in [0.25, 0.3) is 5.91 Å². The number of anilines is 2. The van der Waals surface area contributed by atoms with Crippen molar-refractivity contribution >= 4 is 29.2 Å². The molecule has 4 rings (SSSR count). The molecule has 3 aromatic rings. The van der Waals surface area contributed by atoms with Crippen LogP contribution in [0.1, 0.15) is 50.8 Å². The van der Waals surface area contributed by atoms with Gasteiger partial charge in [0.15, 0.2) is 5.78 Å². The Morgan fingerprint density at radius 3 is 2.06 bits per heavy atom. The van der Waals surface area contributed by atoms with Gasteiger partial charge in [-0.05, 0) is 49.6 Å². The van der Waals surface area contributed by atoms with Gasteiger partial charge in [-0.1, -0.05) is 55.5 Å². The molecule has 1 aliphatic heterocycles. The summed E-state index contributed by atoms with van der Waals surface area (Å²) in [6, 6.07) is 18.9. The van der Waals surface area contributed by atoms with Gasteiger partial charge in [0.05, 0.1) is 23.0 Å². The fourth-order valence-corrected chi connectivity index (χ4v) is 4.30. The van der Waals surface area contributed by atoms with Crippen molar-refractivity contribution in [2.24, 2.45) is 0 Å². The first-order valence-electron chi connectivity index (χ1n) is 11.0. The van der Waals surface area contributed by atoms with Gasteiger partial charge in [0.1, 0.15) is 0 Å². The Hall–Kier alpha value is -3.93. The molecular formula is C27H26N2O4. The molecule has 33 heavy (non-hydrogen) atoms. The van der Waals surface area contributed by atoms with Crippen LogP contribution >= 0.6 is 0 Å². The molecule has 6 nitrogen and oxygen atoms in total. The first-order valence-corrected chi connectivity index (χ1v) is 11.0. The quantitative estimate of drug-likeness (QED) is 0.545. The molecule has 1 atom stereocenters. The van der Waals surface area contributed by atoms with Crippen molar-refractivity contribution in [1.29, 1.82) is 0 Å². The third kappa shape index (κ3) is 4.00. The van der Waals surface area contributed by atoms with Crippen molar-refractivity contribution in [2.45, 2.75) is 33.2 Å². The molecule has 6 heteroatoms. The second-order valence-electron chi connectivity index (χ2n) is 8.30. The third-order valence-electron chi connectivity index (χ3n) is 6.26. The van der Waals surface area contributed by atoms with Crippen molar-refractivity contribution in [2.75, 3.05) is 16.3 Å². The minimum absolute atomic E-state index is 0.213. The van der Waals surface area contributed by atoms with E-state index in [0.717, 1.165) is 11.1 Å². The second-order valence-corrected chi connectivity index (χ2v) is 8.30. The minimum Gasteiger partial charge on any atom is -0.465 e. The zero-order chi connectivity index (χ0) is 23.7. The van der Waals surface area contributed by atoms with Gasteiger partial charge in [-0.15, -0.1) is 0 Å².